The Morgan fingerprint density at radius 1 is 1.25 bits per heavy atom. The highest BCUT2D eigenvalue weighted by molar-refractivity contribution is 7.99. The minimum atomic E-state index is -0.167. The second kappa shape index (κ2) is 8.40. The molecule has 0 radical (unpaired) electrons. The molecule has 1 aromatic carbocycles. The van der Waals surface area contributed by atoms with Crippen LogP contribution in [0.25, 0.3) is 0 Å². The molecule has 2 N–H and O–H groups in total. The van der Waals surface area contributed by atoms with Gasteiger partial charge in [0.1, 0.15) is 5.69 Å². The van der Waals surface area contributed by atoms with Gasteiger partial charge in [0.05, 0.1) is 0 Å². The largest absolute Gasteiger partial charge is 0.354 e. The predicted molar refractivity (Wildman–Crippen MR) is 99.4 cm³/mol. The van der Waals surface area contributed by atoms with Gasteiger partial charge in [-0.3, -0.25) is 9.59 Å². The maximum absolute atomic E-state index is 12.4. The van der Waals surface area contributed by atoms with Gasteiger partial charge in [-0.1, -0.05) is 18.5 Å². The highest BCUT2D eigenvalue weighted by Crippen LogP contribution is 2.21. The molecule has 0 unspecified atom stereocenters. The van der Waals surface area contributed by atoms with Gasteiger partial charge in [0.2, 0.25) is 0 Å². The molecule has 0 bridgehead atoms. The normalized spacial score (nSPS) is 10.7. The van der Waals surface area contributed by atoms with Crippen LogP contribution < -0.4 is 5.32 Å². The summed E-state index contributed by atoms with van der Waals surface area (Å²) in [6.45, 7) is 5.84. The number of H-pyrrole nitrogens is 1. The molecule has 0 aliphatic carbocycles. The third-order valence-corrected chi connectivity index (χ3v) is 4.96. The molecule has 128 valence electrons. The molecular formula is C18H21ClN2O2S. The lowest BCUT2D eigenvalue weighted by Crippen LogP contribution is -2.27. The first-order chi connectivity index (χ1) is 11.4. The Morgan fingerprint density at radius 3 is 2.50 bits per heavy atom. The van der Waals surface area contributed by atoms with Crippen LogP contribution in [-0.2, 0) is 6.42 Å². The first-order valence-electron chi connectivity index (χ1n) is 7.83. The number of benzene rings is 1. The van der Waals surface area contributed by atoms with Crippen LogP contribution in [0.15, 0.2) is 29.2 Å². The summed E-state index contributed by atoms with van der Waals surface area (Å²) in [5, 5.41) is 3.62. The molecule has 1 aromatic heterocycles. The molecule has 1 amide bonds. The SMILES string of the molecule is CCc1c(C(=O)NCCSc2ccc(Cl)cc2)[nH]c(C)c1C(C)=O. The summed E-state index contributed by atoms with van der Waals surface area (Å²) >= 11 is 7.51. The van der Waals surface area contributed by atoms with Crippen molar-refractivity contribution in [3.8, 4) is 0 Å². The molecule has 6 heteroatoms. The van der Waals surface area contributed by atoms with Crippen molar-refractivity contribution in [1.29, 1.82) is 0 Å². The van der Waals surface area contributed by atoms with Gasteiger partial charge >= 0.3 is 0 Å². The topological polar surface area (TPSA) is 62.0 Å². The van der Waals surface area contributed by atoms with Crippen molar-refractivity contribution in [2.45, 2.75) is 32.1 Å². The van der Waals surface area contributed by atoms with Crippen molar-refractivity contribution in [3.05, 3.63) is 51.8 Å². The van der Waals surface area contributed by atoms with Crippen molar-refractivity contribution in [2.24, 2.45) is 0 Å². The van der Waals surface area contributed by atoms with E-state index < -0.39 is 0 Å². The van der Waals surface area contributed by atoms with E-state index >= 15 is 0 Å². The molecule has 0 aliphatic heterocycles. The zero-order valence-electron chi connectivity index (χ0n) is 14.0. The third-order valence-electron chi connectivity index (χ3n) is 3.69. The van der Waals surface area contributed by atoms with E-state index in [-0.39, 0.29) is 11.7 Å². The van der Waals surface area contributed by atoms with E-state index in [4.69, 9.17) is 11.6 Å². The third kappa shape index (κ3) is 4.42. The van der Waals surface area contributed by atoms with E-state index in [0.717, 1.165) is 21.9 Å². The van der Waals surface area contributed by atoms with Crippen LogP contribution in [0.3, 0.4) is 0 Å². The molecule has 4 nitrogen and oxygen atoms in total. The maximum atomic E-state index is 12.4. The maximum Gasteiger partial charge on any atom is 0.268 e. The number of carbonyl (C=O) groups is 2. The number of Topliss-reactive ketones (excluding diaryl/α,β-unsaturated/α-hetero) is 1. The fraction of sp³-hybridized carbons (Fsp3) is 0.333. The number of aryl methyl sites for hydroxylation is 1. The average molecular weight is 365 g/mol. The Kier molecular flexibility index (Phi) is 6.52. The number of rotatable bonds is 7. The quantitative estimate of drug-likeness (QED) is 0.438. The van der Waals surface area contributed by atoms with Gasteiger partial charge in [-0.2, -0.15) is 0 Å². The number of hydrogen-bond donors (Lipinski definition) is 2. The summed E-state index contributed by atoms with van der Waals surface area (Å²) in [5.41, 5.74) is 2.68. The van der Waals surface area contributed by atoms with E-state index in [2.05, 4.69) is 10.3 Å². The van der Waals surface area contributed by atoms with Gasteiger partial charge in [-0.05, 0) is 50.1 Å². The van der Waals surface area contributed by atoms with E-state index in [1.54, 1.807) is 11.8 Å². The molecule has 0 aliphatic rings. The molecule has 2 rings (SSSR count). The summed E-state index contributed by atoms with van der Waals surface area (Å²) in [6, 6.07) is 7.61. The minimum absolute atomic E-state index is 0.0158. The number of carbonyl (C=O) groups excluding carboxylic acids is 2. The molecule has 24 heavy (non-hydrogen) atoms. The van der Waals surface area contributed by atoms with Crippen LogP contribution in [0.5, 0.6) is 0 Å². The number of nitrogens with one attached hydrogen (secondary N) is 2. The van der Waals surface area contributed by atoms with Gasteiger partial charge in [0.15, 0.2) is 5.78 Å². The van der Waals surface area contributed by atoms with Gasteiger partial charge in [-0.15, -0.1) is 11.8 Å². The Hall–Kier alpha value is -1.72. The Morgan fingerprint density at radius 2 is 1.92 bits per heavy atom. The van der Waals surface area contributed by atoms with Gasteiger partial charge in [0.25, 0.3) is 5.91 Å². The van der Waals surface area contributed by atoms with Crippen molar-refractivity contribution < 1.29 is 9.59 Å². The molecule has 1 heterocycles. The van der Waals surface area contributed by atoms with Crippen LogP contribution in [0.1, 0.15) is 46.0 Å². The van der Waals surface area contributed by atoms with E-state index in [0.29, 0.717) is 29.2 Å². The summed E-state index contributed by atoms with van der Waals surface area (Å²) in [5.74, 6) is 0.575. The number of thioether (sulfide) groups is 1. The van der Waals surface area contributed by atoms with E-state index in [9.17, 15) is 9.59 Å². The lowest BCUT2D eigenvalue weighted by atomic mass is 10.0. The van der Waals surface area contributed by atoms with Gasteiger partial charge < -0.3 is 10.3 Å². The second-order valence-electron chi connectivity index (χ2n) is 5.45. The number of halogens is 1. The number of aromatic amines is 1. The summed E-state index contributed by atoms with van der Waals surface area (Å²) in [7, 11) is 0. The van der Waals surface area contributed by atoms with Crippen LogP contribution in [0, 0.1) is 6.92 Å². The van der Waals surface area contributed by atoms with Crippen molar-refractivity contribution in [2.75, 3.05) is 12.3 Å². The molecule has 0 saturated carbocycles. The molecule has 0 atom stereocenters. The standard InChI is InChI=1S/C18H21ClN2O2S/c1-4-15-16(12(3)22)11(2)21-17(15)18(23)20-9-10-24-14-7-5-13(19)6-8-14/h5-8,21H,4,9-10H2,1-3H3,(H,20,23). The first-order valence-corrected chi connectivity index (χ1v) is 9.19. The number of ketones is 1. The average Bonchev–Trinajstić information content (AvgIpc) is 2.89. The van der Waals surface area contributed by atoms with Gasteiger partial charge in [-0.25, -0.2) is 0 Å². The fourth-order valence-corrected chi connectivity index (χ4v) is 3.55. The van der Waals surface area contributed by atoms with Crippen LogP contribution in [0.2, 0.25) is 5.02 Å². The Balaban J connectivity index is 1.94. The number of hydrogen-bond acceptors (Lipinski definition) is 3. The summed E-state index contributed by atoms with van der Waals surface area (Å²) in [4.78, 5) is 28.3. The van der Waals surface area contributed by atoms with Gasteiger partial charge in [0, 0.05) is 33.5 Å². The predicted octanol–water partition coefficient (Wildman–Crippen LogP) is 4.26. The van der Waals surface area contributed by atoms with Crippen molar-refractivity contribution >= 4 is 35.1 Å². The minimum Gasteiger partial charge on any atom is -0.354 e. The lowest BCUT2D eigenvalue weighted by Gasteiger charge is -2.06. The monoisotopic (exact) mass is 364 g/mol. The number of aromatic nitrogens is 1. The molecule has 0 spiro atoms. The van der Waals surface area contributed by atoms with E-state index in [1.165, 1.54) is 6.92 Å². The highest BCUT2D eigenvalue weighted by Gasteiger charge is 2.21. The van der Waals surface area contributed by atoms with Crippen molar-refractivity contribution in [3.63, 3.8) is 0 Å². The zero-order valence-corrected chi connectivity index (χ0v) is 15.6. The number of amides is 1. The molecule has 2 aromatic rings. The first kappa shape index (κ1) is 18.6. The summed E-state index contributed by atoms with van der Waals surface area (Å²) in [6.07, 6.45) is 0.640. The fourth-order valence-electron chi connectivity index (χ4n) is 2.65. The lowest BCUT2D eigenvalue weighted by molar-refractivity contribution is 0.0950. The highest BCUT2D eigenvalue weighted by atomic mass is 35.5. The summed E-state index contributed by atoms with van der Waals surface area (Å²) < 4.78 is 0. The second-order valence-corrected chi connectivity index (χ2v) is 7.05. The van der Waals surface area contributed by atoms with E-state index in [1.807, 2.05) is 38.1 Å². The van der Waals surface area contributed by atoms with Crippen LogP contribution >= 0.6 is 23.4 Å². The molecular weight excluding hydrogens is 344 g/mol. The smallest absolute Gasteiger partial charge is 0.268 e. The van der Waals surface area contributed by atoms with Crippen molar-refractivity contribution in [1.82, 2.24) is 10.3 Å². The Labute approximate surface area is 151 Å². The van der Waals surface area contributed by atoms with Crippen LogP contribution in [0.4, 0.5) is 0 Å². The molecule has 0 saturated heterocycles. The zero-order chi connectivity index (χ0) is 17.7. The Bertz CT molecular complexity index is 738. The molecule has 0 fully saturated rings. The van der Waals surface area contributed by atoms with Crippen LogP contribution in [-0.4, -0.2) is 29.0 Å².